The summed E-state index contributed by atoms with van der Waals surface area (Å²) in [6.07, 6.45) is 3.31. The molecular formula is C22H24N4O4. The van der Waals surface area contributed by atoms with Gasteiger partial charge in [0.05, 0.1) is 36.6 Å². The Morgan fingerprint density at radius 2 is 1.90 bits per heavy atom. The van der Waals surface area contributed by atoms with E-state index in [2.05, 4.69) is 10.00 Å². The smallest absolute Gasteiger partial charge is 0.280 e. The van der Waals surface area contributed by atoms with Crippen molar-refractivity contribution in [2.45, 2.75) is 6.54 Å². The number of benzene rings is 1. The molecule has 3 heterocycles. The van der Waals surface area contributed by atoms with Crippen molar-refractivity contribution in [2.75, 3.05) is 44.9 Å². The Kier molecular flexibility index (Phi) is 6.06. The SMILES string of the molecule is COCCn1cccc(-c2ccn(C(=O)c3ccccc3N3CCOCC3)n2)c1=O. The fourth-order valence-corrected chi connectivity index (χ4v) is 3.54. The summed E-state index contributed by atoms with van der Waals surface area (Å²) in [5, 5.41) is 4.40. The zero-order valence-electron chi connectivity index (χ0n) is 16.9. The fraction of sp³-hybridized carbons (Fsp3) is 0.318. The van der Waals surface area contributed by atoms with Gasteiger partial charge in [-0.15, -0.1) is 0 Å². The van der Waals surface area contributed by atoms with Gasteiger partial charge in [-0.2, -0.15) is 5.10 Å². The minimum atomic E-state index is -0.237. The highest BCUT2D eigenvalue weighted by molar-refractivity contribution is 6.01. The summed E-state index contributed by atoms with van der Waals surface area (Å²) in [4.78, 5) is 28.1. The molecule has 0 atom stereocenters. The second-order valence-electron chi connectivity index (χ2n) is 6.98. The van der Waals surface area contributed by atoms with Gasteiger partial charge < -0.3 is 18.9 Å². The molecule has 0 radical (unpaired) electrons. The van der Waals surface area contributed by atoms with Crippen LogP contribution in [0, 0.1) is 0 Å². The predicted octanol–water partition coefficient (Wildman–Crippen LogP) is 1.88. The lowest BCUT2D eigenvalue weighted by Crippen LogP contribution is -2.37. The summed E-state index contributed by atoms with van der Waals surface area (Å²) in [7, 11) is 1.59. The molecular weight excluding hydrogens is 384 g/mol. The van der Waals surface area contributed by atoms with Crippen LogP contribution in [0.5, 0.6) is 0 Å². The molecule has 0 bridgehead atoms. The predicted molar refractivity (Wildman–Crippen MR) is 113 cm³/mol. The van der Waals surface area contributed by atoms with Crippen LogP contribution in [0.2, 0.25) is 0 Å². The van der Waals surface area contributed by atoms with Crippen molar-refractivity contribution in [1.82, 2.24) is 14.3 Å². The third-order valence-electron chi connectivity index (χ3n) is 5.12. The fourth-order valence-electron chi connectivity index (χ4n) is 3.54. The lowest BCUT2D eigenvalue weighted by Gasteiger charge is -2.30. The molecule has 0 amide bonds. The third-order valence-corrected chi connectivity index (χ3v) is 5.12. The van der Waals surface area contributed by atoms with Crippen LogP contribution in [0.4, 0.5) is 5.69 Å². The number of carbonyl (C=O) groups excluding carboxylic acids is 1. The van der Waals surface area contributed by atoms with Gasteiger partial charge in [0, 0.05) is 44.8 Å². The number of nitrogens with zero attached hydrogens (tertiary/aromatic N) is 4. The summed E-state index contributed by atoms with van der Waals surface area (Å²) >= 11 is 0. The number of rotatable bonds is 6. The Labute approximate surface area is 174 Å². The minimum Gasteiger partial charge on any atom is -0.383 e. The maximum absolute atomic E-state index is 13.2. The molecule has 8 heteroatoms. The molecule has 4 rings (SSSR count). The van der Waals surface area contributed by atoms with E-state index in [1.54, 1.807) is 48.3 Å². The van der Waals surface area contributed by atoms with E-state index in [1.807, 2.05) is 18.2 Å². The number of aromatic nitrogens is 3. The summed E-state index contributed by atoms with van der Waals surface area (Å²) in [6.45, 7) is 3.64. The van der Waals surface area contributed by atoms with Gasteiger partial charge >= 0.3 is 0 Å². The van der Waals surface area contributed by atoms with Gasteiger partial charge in [-0.1, -0.05) is 12.1 Å². The summed E-state index contributed by atoms with van der Waals surface area (Å²) in [5.74, 6) is -0.237. The lowest BCUT2D eigenvalue weighted by atomic mass is 10.1. The van der Waals surface area contributed by atoms with Crippen LogP contribution in [0.15, 0.2) is 59.7 Å². The lowest BCUT2D eigenvalue weighted by molar-refractivity contribution is 0.0944. The van der Waals surface area contributed by atoms with Crippen LogP contribution < -0.4 is 10.5 Å². The van der Waals surface area contributed by atoms with Crippen molar-refractivity contribution in [3.8, 4) is 11.3 Å². The van der Waals surface area contributed by atoms with Crippen molar-refractivity contribution in [2.24, 2.45) is 0 Å². The van der Waals surface area contributed by atoms with E-state index in [-0.39, 0.29) is 11.5 Å². The van der Waals surface area contributed by atoms with E-state index in [0.29, 0.717) is 43.2 Å². The first-order chi connectivity index (χ1) is 14.7. The Hall–Kier alpha value is -3.23. The van der Waals surface area contributed by atoms with Crippen LogP contribution >= 0.6 is 0 Å². The van der Waals surface area contributed by atoms with Gasteiger partial charge in [-0.3, -0.25) is 9.59 Å². The first-order valence-corrected chi connectivity index (χ1v) is 9.90. The molecule has 8 nitrogen and oxygen atoms in total. The highest BCUT2D eigenvalue weighted by atomic mass is 16.5. The van der Waals surface area contributed by atoms with E-state index >= 15 is 0 Å². The van der Waals surface area contributed by atoms with Crippen molar-refractivity contribution in [1.29, 1.82) is 0 Å². The molecule has 0 N–H and O–H groups in total. The second-order valence-corrected chi connectivity index (χ2v) is 6.98. The molecule has 0 unspecified atom stereocenters. The molecule has 30 heavy (non-hydrogen) atoms. The average molecular weight is 408 g/mol. The van der Waals surface area contributed by atoms with Crippen molar-refractivity contribution >= 4 is 11.6 Å². The molecule has 1 aromatic carbocycles. The molecule has 1 fully saturated rings. The molecule has 2 aromatic heterocycles. The largest absolute Gasteiger partial charge is 0.383 e. The van der Waals surface area contributed by atoms with Gasteiger partial charge in [-0.05, 0) is 30.3 Å². The maximum atomic E-state index is 13.2. The van der Waals surface area contributed by atoms with Crippen LogP contribution in [0.1, 0.15) is 10.4 Å². The van der Waals surface area contributed by atoms with Crippen molar-refractivity contribution < 1.29 is 14.3 Å². The molecule has 0 saturated carbocycles. The average Bonchev–Trinajstić information content (AvgIpc) is 3.28. The van der Waals surface area contributed by atoms with E-state index in [9.17, 15) is 9.59 Å². The van der Waals surface area contributed by atoms with E-state index in [4.69, 9.17) is 9.47 Å². The molecule has 156 valence electrons. The molecule has 1 aliphatic heterocycles. The zero-order valence-corrected chi connectivity index (χ0v) is 16.9. The molecule has 1 saturated heterocycles. The number of para-hydroxylation sites is 1. The van der Waals surface area contributed by atoms with E-state index in [0.717, 1.165) is 18.8 Å². The zero-order chi connectivity index (χ0) is 20.9. The highest BCUT2D eigenvalue weighted by Gasteiger charge is 2.20. The number of morpholine rings is 1. The standard InChI is InChI=1S/C22H24N4O4/c1-29-14-11-25-9-4-6-17(21(25)27)19-8-10-26(23-19)22(28)18-5-2-3-7-20(18)24-12-15-30-16-13-24/h2-10H,11-16H2,1H3. The number of carbonyl (C=O) groups is 1. The number of hydrogen-bond donors (Lipinski definition) is 0. The first-order valence-electron chi connectivity index (χ1n) is 9.90. The normalized spacial score (nSPS) is 14.1. The number of anilines is 1. The van der Waals surface area contributed by atoms with Gasteiger partial charge in [0.2, 0.25) is 0 Å². The van der Waals surface area contributed by atoms with Gasteiger partial charge in [0.1, 0.15) is 0 Å². The number of methoxy groups -OCH3 is 1. The highest BCUT2D eigenvalue weighted by Crippen LogP contribution is 2.23. The second kappa shape index (κ2) is 9.06. The number of hydrogen-bond acceptors (Lipinski definition) is 6. The Morgan fingerprint density at radius 1 is 1.10 bits per heavy atom. The van der Waals surface area contributed by atoms with E-state index in [1.165, 1.54) is 4.68 Å². The Bertz CT molecular complexity index is 1080. The van der Waals surface area contributed by atoms with Gasteiger partial charge in [0.25, 0.3) is 11.5 Å². The Balaban J connectivity index is 1.63. The monoisotopic (exact) mass is 408 g/mol. The number of ether oxygens (including phenoxy) is 2. The summed E-state index contributed by atoms with van der Waals surface area (Å²) in [6, 6.07) is 12.7. The van der Waals surface area contributed by atoms with Crippen LogP contribution in [-0.2, 0) is 16.0 Å². The first kappa shape index (κ1) is 20.1. The van der Waals surface area contributed by atoms with Gasteiger partial charge in [0.15, 0.2) is 0 Å². The summed E-state index contributed by atoms with van der Waals surface area (Å²) in [5.41, 5.74) is 2.18. The molecule has 0 aliphatic carbocycles. The molecule has 3 aromatic rings. The molecule has 1 aliphatic rings. The number of pyridine rings is 1. The van der Waals surface area contributed by atoms with Crippen molar-refractivity contribution in [3.63, 3.8) is 0 Å². The third kappa shape index (κ3) is 4.05. The minimum absolute atomic E-state index is 0.166. The quantitative estimate of drug-likeness (QED) is 0.620. The van der Waals surface area contributed by atoms with Crippen LogP contribution in [-0.4, -0.2) is 60.3 Å². The van der Waals surface area contributed by atoms with E-state index < -0.39 is 0 Å². The van der Waals surface area contributed by atoms with Gasteiger partial charge in [-0.25, -0.2) is 4.68 Å². The molecule has 0 spiro atoms. The Morgan fingerprint density at radius 3 is 2.70 bits per heavy atom. The maximum Gasteiger partial charge on any atom is 0.280 e. The topological polar surface area (TPSA) is 78.6 Å². The van der Waals surface area contributed by atoms with Crippen LogP contribution in [0.3, 0.4) is 0 Å². The van der Waals surface area contributed by atoms with Crippen molar-refractivity contribution in [3.05, 3.63) is 70.8 Å². The summed E-state index contributed by atoms with van der Waals surface area (Å²) < 4.78 is 13.3. The van der Waals surface area contributed by atoms with Crippen LogP contribution in [0.25, 0.3) is 11.3 Å².